The highest BCUT2D eigenvalue weighted by Gasteiger charge is 2.26. The monoisotopic (exact) mass is 342 g/mol. The number of carboxylic acids is 1. The van der Waals surface area contributed by atoms with Crippen molar-refractivity contribution in [2.75, 3.05) is 26.3 Å². The predicted octanol–water partition coefficient (Wildman–Crippen LogP) is 0.244. The highest BCUT2D eigenvalue weighted by Crippen LogP contribution is 2.33. The van der Waals surface area contributed by atoms with Gasteiger partial charge in [-0.05, 0) is 24.5 Å². The minimum Gasteiger partial charge on any atom is -0.549 e. The second kappa shape index (κ2) is 7.18. The SMILES string of the molecule is CC(C)CCN(CC(=O)[O-])S(=O)(=O)c1ccc2c(c1)OCCO2. The van der Waals surface area contributed by atoms with E-state index in [2.05, 4.69) is 0 Å². The van der Waals surface area contributed by atoms with Gasteiger partial charge in [0.2, 0.25) is 10.0 Å². The summed E-state index contributed by atoms with van der Waals surface area (Å²) in [6.45, 7) is 4.06. The van der Waals surface area contributed by atoms with Gasteiger partial charge in [-0.25, -0.2) is 8.42 Å². The molecule has 1 heterocycles. The molecule has 0 saturated heterocycles. The van der Waals surface area contributed by atoms with E-state index in [0.29, 0.717) is 31.1 Å². The molecule has 0 radical (unpaired) electrons. The highest BCUT2D eigenvalue weighted by molar-refractivity contribution is 7.89. The van der Waals surface area contributed by atoms with Gasteiger partial charge in [-0.1, -0.05) is 13.8 Å². The van der Waals surface area contributed by atoms with Crippen LogP contribution in [-0.4, -0.2) is 45.0 Å². The van der Waals surface area contributed by atoms with Crippen molar-refractivity contribution in [3.05, 3.63) is 18.2 Å². The molecule has 1 aromatic carbocycles. The number of ether oxygens (including phenoxy) is 2. The number of sulfonamides is 1. The number of benzene rings is 1. The first kappa shape index (κ1) is 17.6. The Morgan fingerprint density at radius 1 is 1.26 bits per heavy atom. The van der Waals surface area contributed by atoms with Crippen molar-refractivity contribution < 1.29 is 27.8 Å². The topological polar surface area (TPSA) is 96.0 Å². The van der Waals surface area contributed by atoms with Gasteiger partial charge >= 0.3 is 0 Å². The van der Waals surface area contributed by atoms with Crippen molar-refractivity contribution in [3.63, 3.8) is 0 Å². The van der Waals surface area contributed by atoms with Crippen molar-refractivity contribution in [1.29, 1.82) is 0 Å². The number of carboxylic acid groups (broad SMARTS) is 1. The van der Waals surface area contributed by atoms with E-state index in [9.17, 15) is 18.3 Å². The van der Waals surface area contributed by atoms with Gasteiger partial charge in [-0.15, -0.1) is 0 Å². The number of carbonyl (C=O) groups excluding carboxylic acids is 1. The van der Waals surface area contributed by atoms with E-state index in [1.165, 1.54) is 18.2 Å². The van der Waals surface area contributed by atoms with Crippen LogP contribution in [-0.2, 0) is 14.8 Å². The maximum Gasteiger partial charge on any atom is 0.243 e. The number of rotatable bonds is 7. The Morgan fingerprint density at radius 3 is 2.52 bits per heavy atom. The van der Waals surface area contributed by atoms with Crippen LogP contribution >= 0.6 is 0 Å². The molecular weight excluding hydrogens is 322 g/mol. The molecule has 0 unspecified atom stereocenters. The summed E-state index contributed by atoms with van der Waals surface area (Å²) in [5.74, 6) is -0.372. The quantitative estimate of drug-likeness (QED) is 0.704. The van der Waals surface area contributed by atoms with Gasteiger partial charge in [0.25, 0.3) is 0 Å². The van der Waals surface area contributed by atoms with Crippen LogP contribution in [0.1, 0.15) is 20.3 Å². The minimum absolute atomic E-state index is 0.0215. The molecule has 0 atom stereocenters. The molecule has 0 bridgehead atoms. The highest BCUT2D eigenvalue weighted by atomic mass is 32.2. The number of hydrogen-bond donors (Lipinski definition) is 0. The van der Waals surface area contributed by atoms with Crippen LogP contribution in [0.3, 0.4) is 0 Å². The molecule has 23 heavy (non-hydrogen) atoms. The van der Waals surface area contributed by atoms with Crippen LogP contribution in [0, 0.1) is 5.92 Å². The van der Waals surface area contributed by atoms with Gasteiger partial charge in [0.05, 0.1) is 17.4 Å². The summed E-state index contributed by atoms with van der Waals surface area (Å²) in [4.78, 5) is 10.9. The van der Waals surface area contributed by atoms with Crippen LogP contribution < -0.4 is 14.6 Å². The minimum atomic E-state index is -3.95. The van der Waals surface area contributed by atoms with Crippen LogP contribution in [0.4, 0.5) is 0 Å². The second-order valence-corrected chi connectivity index (χ2v) is 7.64. The first-order chi connectivity index (χ1) is 10.8. The van der Waals surface area contributed by atoms with Gasteiger partial charge in [0.15, 0.2) is 11.5 Å². The van der Waals surface area contributed by atoms with E-state index < -0.39 is 22.5 Å². The lowest BCUT2D eigenvalue weighted by atomic mass is 10.1. The molecule has 7 nitrogen and oxygen atoms in total. The normalized spacial score (nSPS) is 14.3. The average Bonchev–Trinajstić information content (AvgIpc) is 2.50. The fourth-order valence-corrected chi connectivity index (χ4v) is 3.58. The lowest BCUT2D eigenvalue weighted by Gasteiger charge is -2.24. The smallest absolute Gasteiger partial charge is 0.243 e. The summed E-state index contributed by atoms with van der Waals surface area (Å²) in [5.41, 5.74) is 0. The first-order valence-corrected chi connectivity index (χ1v) is 8.84. The van der Waals surface area contributed by atoms with Crippen LogP contribution in [0.2, 0.25) is 0 Å². The van der Waals surface area contributed by atoms with Crippen molar-refractivity contribution in [2.24, 2.45) is 5.92 Å². The lowest BCUT2D eigenvalue weighted by molar-refractivity contribution is -0.305. The summed E-state index contributed by atoms with van der Waals surface area (Å²) >= 11 is 0. The van der Waals surface area contributed by atoms with Crippen LogP contribution in [0.5, 0.6) is 11.5 Å². The summed E-state index contributed by atoms with van der Waals surface area (Å²) in [5, 5.41) is 10.9. The van der Waals surface area contributed by atoms with Crippen molar-refractivity contribution in [2.45, 2.75) is 25.2 Å². The van der Waals surface area contributed by atoms with Crippen molar-refractivity contribution in [3.8, 4) is 11.5 Å². The Kier molecular flexibility index (Phi) is 5.48. The number of hydrogen-bond acceptors (Lipinski definition) is 6. The Hall–Kier alpha value is -1.80. The summed E-state index contributed by atoms with van der Waals surface area (Å²) in [7, 11) is -3.95. The van der Waals surface area contributed by atoms with E-state index in [4.69, 9.17) is 9.47 Å². The lowest BCUT2D eigenvalue weighted by Crippen LogP contribution is -2.42. The fourth-order valence-electron chi connectivity index (χ4n) is 2.16. The van der Waals surface area contributed by atoms with E-state index in [1.54, 1.807) is 0 Å². The number of nitrogens with zero attached hydrogens (tertiary/aromatic N) is 1. The molecule has 0 spiro atoms. The van der Waals surface area contributed by atoms with Crippen LogP contribution in [0.25, 0.3) is 0 Å². The second-order valence-electron chi connectivity index (χ2n) is 5.70. The van der Waals surface area contributed by atoms with E-state index in [0.717, 1.165) is 4.31 Å². The van der Waals surface area contributed by atoms with Crippen LogP contribution in [0.15, 0.2) is 23.1 Å². The summed E-state index contributed by atoms with van der Waals surface area (Å²) < 4.78 is 37.1. The van der Waals surface area contributed by atoms with Gasteiger partial charge < -0.3 is 19.4 Å². The molecule has 1 aliphatic rings. The molecule has 0 saturated carbocycles. The molecular formula is C15H20NO6S-. The molecule has 0 fully saturated rings. The van der Waals surface area contributed by atoms with Gasteiger partial charge in [-0.2, -0.15) is 4.31 Å². The average molecular weight is 342 g/mol. The van der Waals surface area contributed by atoms with Crippen molar-refractivity contribution >= 4 is 16.0 Å². The summed E-state index contributed by atoms with van der Waals surface area (Å²) in [6, 6.07) is 4.27. The van der Waals surface area contributed by atoms with Gasteiger partial charge in [0, 0.05) is 12.6 Å². The zero-order chi connectivity index (χ0) is 17.0. The molecule has 0 aromatic heterocycles. The molecule has 1 aliphatic heterocycles. The van der Waals surface area contributed by atoms with Gasteiger partial charge in [-0.3, -0.25) is 0 Å². The van der Waals surface area contributed by atoms with E-state index in [-0.39, 0.29) is 17.4 Å². The third kappa shape index (κ3) is 4.35. The number of aliphatic carboxylic acids is 1. The maximum absolute atomic E-state index is 12.7. The fraction of sp³-hybridized carbons (Fsp3) is 0.533. The zero-order valence-corrected chi connectivity index (χ0v) is 14.0. The largest absolute Gasteiger partial charge is 0.549 e. The van der Waals surface area contributed by atoms with Gasteiger partial charge in [0.1, 0.15) is 13.2 Å². The predicted molar refractivity (Wildman–Crippen MR) is 80.7 cm³/mol. The third-order valence-electron chi connectivity index (χ3n) is 3.41. The molecule has 2 rings (SSSR count). The third-order valence-corrected chi connectivity index (χ3v) is 5.25. The molecule has 1 aromatic rings. The Morgan fingerprint density at radius 2 is 1.91 bits per heavy atom. The molecule has 8 heteroatoms. The molecule has 0 N–H and O–H groups in total. The Bertz CT molecular complexity index is 671. The van der Waals surface area contributed by atoms with E-state index >= 15 is 0 Å². The number of fused-ring (bicyclic) bond motifs is 1. The zero-order valence-electron chi connectivity index (χ0n) is 13.1. The first-order valence-electron chi connectivity index (χ1n) is 7.40. The molecule has 0 amide bonds. The molecule has 0 aliphatic carbocycles. The molecule has 128 valence electrons. The Labute approximate surface area is 135 Å². The summed E-state index contributed by atoms with van der Waals surface area (Å²) in [6.07, 6.45) is 0.553. The number of carbonyl (C=O) groups is 1. The van der Waals surface area contributed by atoms with E-state index in [1.807, 2.05) is 13.8 Å². The standard InChI is InChI=1S/C15H21NO6S/c1-11(2)5-6-16(10-15(17)18)23(19,20)12-3-4-13-14(9-12)22-8-7-21-13/h3-4,9,11H,5-8,10H2,1-2H3,(H,17,18)/p-1. The Balaban J connectivity index is 2.30. The maximum atomic E-state index is 12.7. The van der Waals surface area contributed by atoms with Crippen molar-refractivity contribution in [1.82, 2.24) is 4.31 Å².